The van der Waals surface area contributed by atoms with Crippen molar-refractivity contribution in [3.05, 3.63) is 59.7 Å². The van der Waals surface area contributed by atoms with E-state index in [9.17, 15) is 0 Å². The van der Waals surface area contributed by atoms with Crippen LogP contribution in [0, 0.1) is 0 Å². The molecule has 0 aliphatic carbocycles. The highest BCUT2D eigenvalue weighted by molar-refractivity contribution is 14.1. The highest BCUT2D eigenvalue weighted by Crippen LogP contribution is 2.20. The number of aromatic nitrogens is 3. The molecular formula is C15H13ClIN3O. The maximum absolute atomic E-state index is 5.98. The molecule has 1 atom stereocenters. The van der Waals surface area contributed by atoms with Gasteiger partial charge in [0.05, 0.1) is 0 Å². The Hall–Kier alpha value is -1.34. The lowest BCUT2D eigenvalue weighted by Crippen LogP contribution is -2.20. The Morgan fingerprint density at radius 3 is 2.62 bits per heavy atom. The van der Waals surface area contributed by atoms with E-state index in [1.807, 2.05) is 48.5 Å². The third kappa shape index (κ3) is 3.13. The van der Waals surface area contributed by atoms with Crippen molar-refractivity contribution >= 4 is 45.2 Å². The normalized spacial score (nSPS) is 12.5. The molecule has 0 radical (unpaired) electrons. The molecule has 0 unspecified atom stereocenters. The van der Waals surface area contributed by atoms with Gasteiger partial charge in [-0.2, -0.15) is 0 Å². The van der Waals surface area contributed by atoms with E-state index in [1.54, 1.807) is 0 Å². The van der Waals surface area contributed by atoms with E-state index in [4.69, 9.17) is 16.4 Å². The second-order valence-corrected chi connectivity index (χ2v) is 5.72. The summed E-state index contributed by atoms with van der Waals surface area (Å²) in [5.41, 5.74) is 3.88. The van der Waals surface area contributed by atoms with Gasteiger partial charge < -0.3 is 4.84 Å². The van der Waals surface area contributed by atoms with Gasteiger partial charge in [0, 0.05) is 10.3 Å². The average molecular weight is 414 g/mol. The van der Waals surface area contributed by atoms with Crippen molar-refractivity contribution < 1.29 is 4.84 Å². The van der Waals surface area contributed by atoms with Gasteiger partial charge in [0.1, 0.15) is 11.0 Å². The first-order chi connectivity index (χ1) is 10.3. The molecule has 0 saturated carbocycles. The number of hydrogen-bond donors (Lipinski definition) is 0. The van der Waals surface area contributed by atoms with E-state index in [0.29, 0.717) is 5.88 Å². The molecule has 0 amide bonds. The largest absolute Gasteiger partial charge is 0.386 e. The monoisotopic (exact) mass is 413 g/mol. The summed E-state index contributed by atoms with van der Waals surface area (Å²) in [5, 5.41) is 8.16. The van der Waals surface area contributed by atoms with E-state index < -0.39 is 0 Å². The molecule has 1 heterocycles. The summed E-state index contributed by atoms with van der Waals surface area (Å²) in [6.45, 7) is 0. The summed E-state index contributed by atoms with van der Waals surface area (Å²) >= 11 is 8.13. The number of nitrogens with zero attached hydrogens (tertiary/aromatic N) is 3. The molecule has 108 valence electrons. The van der Waals surface area contributed by atoms with E-state index in [0.717, 1.165) is 26.6 Å². The zero-order valence-electron chi connectivity index (χ0n) is 11.1. The minimum atomic E-state index is -0.0833. The molecule has 1 aromatic heterocycles. The van der Waals surface area contributed by atoms with Crippen molar-refractivity contribution in [3.63, 3.8) is 0 Å². The average Bonchev–Trinajstić information content (AvgIpc) is 2.96. The van der Waals surface area contributed by atoms with Crippen LogP contribution in [0.4, 0.5) is 0 Å². The van der Waals surface area contributed by atoms with Gasteiger partial charge in [-0.3, -0.25) is 0 Å². The number of hydrogen-bond acceptors (Lipinski definition) is 3. The third-order valence-electron chi connectivity index (χ3n) is 3.19. The van der Waals surface area contributed by atoms with Gasteiger partial charge in [-0.15, -0.1) is 16.7 Å². The molecule has 0 N–H and O–H groups in total. The first-order valence-corrected chi connectivity index (χ1v) is 8.56. The van der Waals surface area contributed by atoms with Crippen LogP contribution in [-0.4, -0.2) is 19.6 Å². The summed E-state index contributed by atoms with van der Waals surface area (Å²) in [4.78, 5) is 7.47. The fraction of sp³-hybridized carbons (Fsp3) is 0.200. The predicted octanol–water partition coefficient (Wildman–Crippen LogP) is 3.78. The van der Waals surface area contributed by atoms with Crippen molar-refractivity contribution in [1.29, 1.82) is 0 Å². The van der Waals surface area contributed by atoms with Crippen LogP contribution in [0.1, 0.15) is 17.2 Å². The van der Waals surface area contributed by atoms with Crippen LogP contribution in [0.25, 0.3) is 11.0 Å². The standard InChI is InChI=1S/C15H13ClIN3O/c16-9-11-5-7-12(8-6-11)15(10-17)21-20-14-4-2-1-3-13(14)18-19-20/h1-8,15H,9-10H2/t15-/m0/s1. The zero-order valence-corrected chi connectivity index (χ0v) is 14.0. The van der Waals surface area contributed by atoms with Crippen molar-refractivity contribution in [2.75, 3.05) is 4.43 Å². The lowest BCUT2D eigenvalue weighted by Gasteiger charge is -2.16. The minimum Gasteiger partial charge on any atom is -0.386 e. The summed E-state index contributed by atoms with van der Waals surface area (Å²) in [6.07, 6.45) is -0.0833. The summed E-state index contributed by atoms with van der Waals surface area (Å²) in [6, 6.07) is 15.9. The molecule has 4 nitrogen and oxygen atoms in total. The smallest absolute Gasteiger partial charge is 0.161 e. The molecular weight excluding hydrogens is 401 g/mol. The number of benzene rings is 2. The lowest BCUT2D eigenvalue weighted by molar-refractivity contribution is 0.0336. The van der Waals surface area contributed by atoms with Crippen LogP contribution in [0.5, 0.6) is 0 Å². The summed E-state index contributed by atoms with van der Waals surface area (Å²) in [5.74, 6) is 0.518. The number of halogens is 2. The predicted molar refractivity (Wildman–Crippen MR) is 91.7 cm³/mol. The number of alkyl halides is 2. The van der Waals surface area contributed by atoms with Gasteiger partial charge in [0.15, 0.2) is 6.10 Å². The lowest BCUT2D eigenvalue weighted by atomic mass is 10.1. The van der Waals surface area contributed by atoms with E-state index >= 15 is 0 Å². The van der Waals surface area contributed by atoms with Gasteiger partial charge >= 0.3 is 0 Å². The molecule has 0 spiro atoms. The Labute approximate surface area is 141 Å². The second-order valence-electron chi connectivity index (χ2n) is 4.57. The highest BCUT2D eigenvalue weighted by atomic mass is 127. The number of rotatable bonds is 5. The SMILES string of the molecule is ClCc1ccc([C@H](CI)On2nnc3ccccc32)cc1. The van der Waals surface area contributed by atoms with Gasteiger partial charge in [0.25, 0.3) is 0 Å². The third-order valence-corrected chi connectivity index (χ3v) is 4.30. The maximum Gasteiger partial charge on any atom is 0.161 e. The van der Waals surface area contributed by atoms with Gasteiger partial charge in [0.2, 0.25) is 0 Å². The Morgan fingerprint density at radius 1 is 1.14 bits per heavy atom. The van der Waals surface area contributed by atoms with Crippen LogP contribution >= 0.6 is 34.2 Å². The topological polar surface area (TPSA) is 39.9 Å². The maximum atomic E-state index is 5.98. The van der Waals surface area contributed by atoms with Crippen LogP contribution in [-0.2, 0) is 5.88 Å². The van der Waals surface area contributed by atoms with Crippen LogP contribution in [0.3, 0.4) is 0 Å². The van der Waals surface area contributed by atoms with Crippen molar-refractivity contribution in [2.45, 2.75) is 12.0 Å². The molecule has 0 saturated heterocycles. The van der Waals surface area contributed by atoms with Crippen LogP contribution in [0.2, 0.25) is 0 Å². The van der Waals surface area contributed by atoms with Gasteiger partial charge in [-0.05, 0) is 28.5 Å². The second kappa shape index (κ2) is 6.62. The minimum absolute atomic E-state index is 0.0833. The molecule has 0 aliphatic rings. The molecule has 0 bridgehead atoms. The molecule has 21 heavy (non-hydrogen) atoms. The fourth-order valence-corrected chi connectivity index (χ4v) is 2.89. The van der Waals surface area contributed by atoms with Crippen LogP contribution in [0.15, 0.2) is 48.5 Å². The molecule has 0 fully saturated rings. The number of para-hydroxylation sites is 1. The molecule has 6 heteroatoms. The fourth-order valence-electron chi connectivity index (χ4n) is 2.05. The molecule has 3 aromatic rings. The Bertz CT molecular complexity index is 729. The van der Waals surface area contributed by atoms with E-state index in [1.165, 1.54) is 4.85 Å². The molecule has 3 rings (SSSR count). The number of fused-ring (bicyclic) bond motifs is 1. The van der Waals surface area contributed by atoms with Crippen molar-refractivity contribution in [1.82, 2.24) is 15.2 Å². The summed E-state index contributed by atoms with van der Waals surface area (Å²) in [7, 11) is 0. The Kier molecular flexibility index (Phi) is 4.60. The highest BCUT2D eigenvalue weighted by Gasteiger charge is 2.15. The molecule has 0 aliphatic heterocycles. The Morgan fingerprint density at radius 2 is 1.90 bits per heavy atom. The van der Waals surface area contributed by atoms with E-state index in [-0.39, 0.29) is 6.10 Å². The van der Waals surface area contributed by atoms with Crippen molar-refractivity contribution in [3.8, 4) is 0 Å². The van der Waals surface area contributed by atoms with Crippen LogP contribution < -0.4 is 4.84 Å². The first kappa shape index (κ1) is 14.6. The van der Waals surface area contributed by atoms with E-state index in [2.05, 4.69) is 32.9 Å². The van der Waals surface area contributed by atoms with Gasteiger partial charge in [-0.1, -0.05) is 63.8 Å². The van der Waals surface area contributed by atoms with Crippen molar-refractivity contribution in [2.24, 2.45) is 0 Å². The molecule has 2 aromatic carbocycles. The first-order valence-electron chi connectivity index (χ1n) is 6.50. The quantitative estimate of drug-likeness (QED) is 0.472. The van der Waals surface area contributed by atoms with Gasteiger partial charge in [-0.25, -0.2) is 0 Å². The Balaban J connectivity index is 1.86. The zero-order chi connectivity index (χ0) is 14.7. The summed E-state index contributed by atoms with van der Waals surface area (Å²) < 4.78 is 0.812.